The molecule has 9 nitrogen and oxygen atoms in total. The van der Waals surface area contributed by atoms with Crippen LogP contribution in [-0.2, 0) is 16.1 Å². The molecular formula is C31H34F2N4O5. The zero-order valence-corrected chi connectivity index (χ0v) is 23.9. The minimum atomic E-state index is -0.759. The molecular weight excluding hydrogens is 546 g/mol. The van der Waals surface area contributed by atoms with Crippen molar-refractivity contribution in [2.24, 2.45) is 5.92 Å². The van der Waals surface area contributed by atoms with E-state index < -0.39 is 28.7 Å². The third kappa shape index (κ3) is 8.55. The number of nitrogens with zero attached hydrogens (tertiary/aromatic N) is 3. The van der Waals surface area contributed by atoms with Gasteiger partial charge in [-0.15, -0.1) is 0 Å². The van der Waals surface area contributed by atoms with Gasteiger partial charge in [-0.2, -0.15) is 5.10 Å². The van der Waals surface area contributed by atoms with Crippen molar-refractivity contribution in [1.29, 1.82) is 0 Å². The molecule has 0 bridgehead atoms. The van der Waals surface area contributed by atoms with Gasteiger partial charge in [0.2, 0.25) is 0 Å². The smallest absolute Gasteiger partial charge is 0.410 e. The van der Waals surface area contributed by atoms with Crippen LogP contribution in [0.1, 0.15) is 56.0 Å². The fourth-order valence-corrected chi connectivity index (χ4v) is 4.72. The van der Waals surface area contributed by atoms with Crippen molar-refractivity contribution in [3.05, 3.63) is 87.7 Å². The molecule has 1 N–H and O–H groups in total. The van der Waals surface area contributed by atoms with E-state index in [4.69, 9.17) is 4.74 Å². The molecule has 42 heavy (non-hydrogen) atoms. The number of halogens is 2. The lowest BCUT2D eigenvalue weighted by Crippen LogP contribution is -2.42. The highest BCUT2D eigenvalue weighted by Gasteiger charge is 2.27. The molecule has 1 fully saturated rings. The first-order valence-electron chi connectivity index (χ1n) is 13.8. The van der Waals surface area contributed by atoms with Crippen molar-refractivity contribution in [2.45, 2.75) is 52.2 Å². The Morgan fingerprint density at radius 3 is 2.36 bits per heavy atom. The van der Waals surface area contributed by atoms with Gasteiger partial charge in [0.25, 0.3) is 11.5 Å². The maximum Gasteiger partial charge on any atom is 0.410 e. The molecule has 222 valence electrons. The van der Waals surface area contributed by atoms with E-state index in [1.54, 1.807) is 29.2 Å². The van der Waals surface area contributed by atoms with Crippen LogP contribution in [0.4, 0.5) is 13.6 Å². The van der Waals surface area contributed by atoms with Crippen LogP contribution < -0.4 is 10.9 Å². The second-order valence-electron chi connectivity index (χ2n) is 11.4. The van der Waals surface area contributed by atoms with E-state index in [1.807, 2.05) is 20.8 Å². The molecule has 1 aliphatic heterocycles. The molecule has 1 aliphatic rings. The standard InChI is InChI=1S/C31H34F2N4O5/c1-31(2,3)42-30(41)36-11-9-20(10-12-36)14-26(38)18-34-29(40)22-6-4-5-21(13-22)19-37-28(39)8-7-27(35-37)23-15-24(32)17-25(33)16-23/h4-8,13,15-17,20H,9-12,14,18-19H2,1-3H3,(H,34,40). The van der Waals surface area contributed by atoms with E-state index in [0.29, 0.717) is 43.5 Å². The summed E-state index contributed by atoms with van der Waals surface area (Å²) in [5, 5.41) is 6.89. The molecule has 4 rings (SSSR count). The van der Waals surface area contributed by atoms with Crippen molar-refractivity contribution in [3.63, 3.8) is 0 Å². The van der Waals surface area contributed by atoms with Crippen LogP contribution in [0.25, 0.3) is 11.3 Å². The maximum atomic E-state index is 13.7. The van der Waals surface area contributed by atoms with Gasteiger partial charge in [-0.05, 0) is 75.4 Å². The number of hydrogen-bond acceptors (Lipinski definition) is 6. The summed E-state index contributed by atoms with van der Waals surface area (Å²) in [6, 6.07) is 12.2. The summed E-state index contributed by atoms with van der Waals surface area (Å²) in [6.07, 6.45) is 1.33. The number of carbonyl (C=O) groups excluding carboxylic acids is 3. The van der Waals surface area contributed by atoms with Crippen LogP contribution in [0.5, 0.6) is 0 Å². The van der Waals surface area contributed by atoms with E-state index in [9.17, 15) is 28.0 Å². The Kier molecular flexibility index (Phi) is 9.49. The van der Waals surface area contributed by atoms with Gasteiger partial charge < -0.3 is 15.0 Å². The third-order valence-corrected chi connectivity index (χ3v) is 6.78. The van der Waals surface area contributed by atoms with E-state index >= 15 is 0 Å². The fraction of sp³-hybridized carbons (Fsp3) is 0.387. The van der Waals surface area contributed by atoms with Gasteiger partial charge >= 0.3 is 6.09 Å². The Bertz CT molecular complexity index is 1500. The first kappa shape index (κ1) is 30.5. The topological polar surface area (TPSA) is 111 Å². The fourth-order valence-electron chi connectivity index (χ4n) is 4.72. The molecule has 0 unspecified atom stereocenters. The molecule has 2 heterocycles. The second-order valence-corrected chi connectivity index (χ2v) is 11.4. The molecule has 2 aromatic carbocycles. The van der Waals surface area contributed by atoms with Crippen LogP contribution in [-0.4, -0.2) is 57.7 Å². The number of Topliss-reactive ketones (excluding diaryl/α,β-unsaturated/α-hetero) is 1. The number of hydrogen-bond donors (Lipinski definition) is 1. The van der Waals surface area contributed by atoms with Gasteiger partial charge in [-0.25, -0.2) is 18.3 Å². The summed E-state index contributed by atoms with van der Waals surface area (Å²) in [6.45, 7) is 6.39. The number of benzene rings is 2. The summed E-state index contributed by atoms with van der Waals surface area (Å²) >= 11 is 0. The molecule has 1 aromatic heterocycles. The number of piperidine rings is 1. The number of likely N-dealkylation sites (tertiary alicyclic amines) is 1. The highest BCUT2D eigenvalue weighted by atomic mass is 19.1. The zero-order chi connectivity index (χ0) is 30.4. The van der Waals surface area contributed by atoms with E-state index in [2.05, 4.69) is 10.4 Å². The first-order valence-corrected chi connectivity index (χ1v) is 13.8. The van der Waals surface area contributed by atoms with Crippen molar-refractivity contribution in [2.75, 3.05) is 19.6 Å². The lowest BCUT2D eigenvalue weighted by Gasteiger charge is -2.33. The normalized spacial score (nSPS) is 14.0. The van der Waals surface area contributed by atoms with Gasteiger partial charge in [0.15, 0.2) is 5.78 Å². The lowest BCUT2D eigenvalue weighted by atomic mass is 9.92. The molecule has 0 spiro atoms. The van der Waals surface area contributed by atoms with Gasteiger partial charge in [0, 0.05) is 42.8 Å². The largest absolute Gasteiger partial charge is 0.444 e. The number of rotatable bonds is 8. The number of aromatic nitrogens is 2. The average molecular weight is 581 g/mol. The predicted octanol–water partition coefficient (Wildman–Crippen LogP) is 4.57. The zero-order valence-electron chi connectivity index (χ0n) is 23.9. The first-order chi connectivity index (χ1) is 19.9. The summed E-state index contributed by atoms with van der Waals surface area (Å²) < 4.78 is 33.9. The average Bonchev–Trinajstić information content (AvgIpc) is 2.92. The Balaban J connectivity index is 1.30. The summed E-state index contributed by atoms with van der Waals surface area (Å²) in [4.78, 5) is 51.7. The predicted molar refractivity (Wildman–Crippen MR) is 152 cm³/mol. The van der Waals surface area contributed by atoms with Crippen molar-refractivity contribution in [1.82, 2.24) is 20.0 Å². The Hall–Kier alpha value is -4.41. The SMILES string of the molecule is CC(C)(C)OC(=O)N1CCC(CC(=O)CNC(=O)c2cccc(Cn3nc(-c4cc(F)cc(F)c4)ccc3=O)c2)CC1. The van der Waals surface area contributed by atoms with Crippen LogP contribution in [0.3, 0.4) is 0 Å². The summed E-state index contributed by atoms with van der Waals surface area (Å²) in [7, 11) is 0. The molecule has 0 saturated carbocycles. The monoisotopic (exact) mass is 580 g/mol. The quantitative estimate of drug-likeness (QED) is 0.418. The molecule has 1 saturated heterocycles. The van der Waals surface area contributed by atoms with Gasteiger partial charge in [0.05, 0.1) is 18.8 Å². The van der Waals surface area contributed by atoms with Crippen molar-refractivity contribution >= 4 is 17.8 Å². The molecule has 3 aromatic rings. The van der Waals surface area contributed by atoms with Crippen molar-refractivity contribution in [3.8, 4) is 11.3 Å². The molecule has 2 amide bonds. The molecule has 0 atom stereocenters. The Morgan fingerprint density at radius 1 is 1.00 bits per heavy atom. The number of nitrogens with one attached hydrogen (secondary N) is 1. The minimum Gasteiger partial charge on any atom is -0.444 e. The molecule has 11 heteroatoms. The second kappa shape index (κ2) is 13.1. The Morgan fingerprint density at radius 2 is 1.69 bits per heavy atom. The van der Waals surface area contributed by atoms with Crippen LogP contribution >= 0.6 is 0 Å². The number of carbonyl (C=O) groups is 3. The van der Waals surface area contributed by atoms with E-state index in [1.165, 1.54) is 12.1 Å². The van der Waals surface area contributed by atoms with Crippen LogP contribution in [0.2, 0.25) is 0 Å². The maximum absolute atomic E-state index is 13.7. The number of ether oxygens (including phenoxy) is 1. The Labute approximate surface area is 242 Å². The molecule has 0 aliphatic carbocycles. The summed E-state index contributed by atoms with van der Waals surface area (Å²) in [5.74, 6) is -1.93. The molecule has 0 radical (unpaired) electrons. The summed E-state index contributed by atoms with van der Waals surface area (Å²) in [5.41, 5.74) is 0.329. The van der Waals surface area contributed by atoms with Gasteiger partial charge in [-0.3, -0.25) is 14.4 Å². The van der Waals surface area contributed by atoms with Gasteiger partial charge in [-0.1, -0.05) is 12.1 Å². The lowest BCUT2D eigenvalue weighted by molar-refractivity contribution is -0.119. The number of amides is 2. The number of ketones is 1. The van der Waals surface area contributed by atoms with Crippen molar-refractivity contribution < 1.29 is 27.9 Å². The van der Waals surface area contributed by atoms with Gasteiger partial charge in [0.1, 0.15) is 17.2 Å². The minimum absolute atomic E-state index is 0.0204. The van der Waals surface area contributed by atoms with Crippen LogP contribution in [0.15, 0.2) is 59.4 Å². The highest BCUT2D eigenvalue weighted by molar-refractivity contribution is 5.96. The van der Waals surface area contributed by atoms with E-state index in [0.717, 1.165) is 22.9 Å². The highest BCUT2D eigenvalue weighted by Crippen LogP contribution is 2.23. The van der Waals surface area contributed by atoms with E-state index in [-0.39, 0.29) is 42.1 Å². The third-order valence-electron chi connectivity index (χ3n) is 6.78. The van der Waals surface area contributed by atoms with Crippen LogP contribution in [0, 0.1) is 17.6 Å².